The van der Waals surface area contributed by atoms with Gasteiger partial charge < -0.3 is 14.6 Å². The van der Waals surface area contributed by atoms with Crippen molar-refractivity contribution in [1.29, 1.82) is 0 Å². The van der Waals surface area contributed by atoms with E-state index in [0.717, 1.165) is 0 Å². The first-order valence-corrected chi connectivity index (χ1v) is 4.07. The van der Waals surface area contributed by atoms with Gasteiger partial charge in [-0.25, -0.2) is 9.78 Å². The molecule has 0 saturated carbocycles. The zero-order chi connectivity index (χ0) is 10.5. The molecule has 0 aromatic carbocycles. The highest BCUT2D eigenvalue weighted by Gasteiger charge is 2.15. The van der Waals surface area contributed by atoms with Crippen LogP contribution in [0.1, 0.15) is 34.1 Å². The second-order valence-electron chi connectivity index (χ2n) is 3.50. The molecule has 5 nitrogen and oxygen atoms in total. The third kappa shape index (κ3) is 7.55. The number of carbonyl (C=O) groups is 1. The van der Waals surface area contributed by atoms with E-state index in [-0.39, 0.29) is 0 Å². The zero-order valence-corrected chi connectivity index (χ0v) is 8.33. The molecule has 0 radical (unpaired) electrons. The summed E-state index contributed by atoms with van der Waals surface area (Å²) in [5, 5.41) is 10.0. The van der Waals surface area contributed by atoms with Gasteiger partial charge in [0, 0.05) is 0 Å². The molecule has 1 atom stereocenters. The summed E-state index contributed by atoms with van der Waals surface area (Å²) in [7, 11) is 0. The van der Waals surface area contributed by atoms with Crippen molar-refractivity contribution in [3.8, 4) is 0 Å². The molecule has 0 N–H and O–H groups in total. The standard InChI is InChI=1S/C8H16O5/c1-5-6(11-7(9)10)12-13-8(2,3)4/h6H,5H2,1-4H3,(H,9,10)/p-1. The Balaban J connectivity index is 3.79. The Labute approximate surface area is 77.5 Å². The highest BCUT2D eigenvalue weighted by Crippen LogP contribution is 2.11. The van der Waals surface area contributed by atoms with Crippen LogP contribution >= 0.6 is 0 Å². The third-order valence-corrected chi connectivity index (χ3v) is 0.966. The van der Waals surface area contributed by atoms with Gasteiger partial charge in [-0.15, -0.1) is 0 Å². The highest BCUT2D eigenvalue weighted by molar-refractivity contribution is 5.54. The molecule has 1 unspecified atom stereocenters. The lowest BCUT2D eigenvalue weighted by molar-refractivity contribution is -0.420. The van der Waals surface area contributed by atoms with Gasteiger partial charge >= 0.3 is 0 Å². The zero-order valence-electron chi connectivity index (χ0n) is 8.33. The molecule has 0 spiro atoms. The minimum atomic E-state index is -1.62. The van der Waals surface area contributed by atoms with Crippen molar-refractivity contribution in [3.63, 3.8) is 0 Å². The molecule has 0 amide bonds. The summed E-state index contributed by atoms with van der Waals surface area (Å²) < 4.78 is 4.25. The summed E-state index contributed by atoms with van der Waals surface area (Å²) >= 11 is 0. The van der Waals surface area contributed by atoms with E-state index in [1.165, 1.54) is 0 Å². The number of hydrogen-bond donors (Lipinski definition) is 0. The first-order chi connectivity index (χ1) is 5.85. The Morgan fingerprint density at radius 1 is 1.46 bits per heavy atom. The van der Waals surface area contributed by atoms with E-state index in [1.54, 1.807) is 27.7 Å². The maximum absolute atomic E-state index is 10.0. The van der Waals surface area contributed by atoms with Crippen molar-refractivity contribution in [2.45, 2.75) is 46.0 Å². The summed E-state index contributed by atoms with van der Waals surface area (Å²) in [4.78, 5) is 19.6. The molecule has 0 heterocycles. The lowest BCUT2D eigenvalue weighted by Crippen LogP contribution is -2.32. The first-order valence-electron chi connectivity index (χ1n) is 4.07. The maximum atomic E-state index is 10.0. The van der Waals surface area contributed by atoms with Gasteiger partial charge in [-0.05, 0) is 27.2 Å². The molecule has 78 valence electrons. The SMILES string of the molecule is CCC(OOC(C)(C)C)OC(=O)[O-]. The van der Waals surface area contributed by atoms with Gasteiger partial charge in [0.1, 0.15) is 0 Å². The average molecular weight is 191 g/mol. The summed E-state index contributed by atoms with van der Waals surface area (Å²) in [6.45, 7) is 7.04. The van der Waals surface area contributed by atoms with Crippen LogP contribution in [-0.2, 0) is 14.5 Å². The van der Waals surface area contributed by atoms with Gasteiger partial charge in [-0.3, -0.25) is 0 Å². The van der Waals surface area contributed by atoms with Crippen LogP contribution in [0, 0.1) is 0 Å². The monoisotopic (exact) mass is 191 g/mol. The first kappa shape index (κ1) is 12.2. The molecule has 0 aliphatic rings. The summed E-state index contributed by atoms with van der Waals surface area (Å²) in [6.07, 6.45) is -2.18. The molecule has 0 aliphatic heterocycles. The molecule has 0 saturated heterocycles. The molecule has 0 aromatic rings. The normalized spacial score (nSPS) is 13.8. The highest BCUT2D eigenvalue weighted by atomic mass is 17.2. The van der Waals surface area contributed by atoms with Crippen LogP contribution in [0.15, 0.2) is 0 Å². The number of hydrogen-bond acceptors (Lipinski definition) is 5. The van der Waals surface area contributed by atoms with Crippen molar-refractivity contribution in [1.82, 2.24) is 0 Å². The Hall–Kier alpha value is -0.810. The van der Waals surface area contributed by atoms with Crippen LogP contribution in [0.2, 0.25) is 0 Å². The molecule has 0 bridgehead atoms. The lowest BCUT2D eigenvalue weighted by Gasteiger charge is -2.24. The topological polar surface area (TPSA) is 67.8 Å². The molecular weight excluding hydrogens is 176 g/mol. The van der Waals surface area contributed by atoms with Crippen molar-refractivity contribution in [2.75, 3.05) is 0 Å². The molecular formula is C8H15O5-. The fourth-order valence-corrected chi connectivity index (χ4v) is 0.476. The predicted octanol–water partition coefficient (Wildman–Crippen LogP) is 0.829. The van der Waals surface area contributed by atoms with Crippen molar-refractivity contribution >= 4 is 6.16 Å². The Bertz CT molecular complexity index is 160. The van der Waals surface area contributed by atoms with Crippen LogP contribution in [0.25, 0.3) is 0 Å². The van der Waals surface area contributed by atoms with Crippen LogP contribution in [0.4, 0.5) is 4.79 Å². The Kier molecular flexibility index (Phi) is 4.72. The van der Waals surface area contributed by atoms with Gasteiger partial charge in [0.15, 0.2) is 6.29 Å². The van der Waals surface area contributed by atoms with E-state index in [9.17, 15) is 9.90 Å². The van der Waals surface area contributed by atoms with Gasteiger partial charge in [-0.2, -0.15) is 0 Å². The summed E-state index contributed by atoms with van der Waals surface area (Å²) in [6, 6.07) is 0. The van der Waals surface area contributed by atoms with Crippen molar-refractivity contribution in [2.24, 2.45) is 0 Å². The number of carboxylic acid groups (broad SMARTS) is 1. The van der Waals surface area contributed by atoms with E-state index in [2.05, 4.69) is 4.74 Å². The van der Waals surface area contributed by atoms with E-state index in [1.807, 2.05) is 0 Å². The minimum Gasteiger partial charge on any atom is -0.518 e. The molecule has 0 aromatic heterocycles. The number of ether oxygens (including phenoxy) is 1. The van der Waals surface area contributed by atoms with Crippen molar-refractivity contribution in [3.05, 3.63) is 0 Å². The molecule has 0 rings (SSSR count). The number of carbonyl (C=O) groups excluding carboxylic acids is 1. The van der Waals surface area contributed by atoms with E-state index < -0.39 is 18.0 Å². The van der Waals surface area contributed by atoms with Crippen molar-refractivity contribution < 1.29 is 24.4 Å². The van der Waals surface area contributed by atoms with Gasteiger partial charge in [0.2, 0.25) is 0 Å². The molecule has 5 heteroatoms. The quantitative estimate of drug-likeness (QED) is 0.285. The molecule has 0 aliphatic carbocycles. The Morgan fingerprint density at radius 2 is 2.00 bits per heavy atom. The second-order valence-corrected chi connectivity index (χ2v) is 3.50. The van der Waals surface area contributed by atoms with E-state index in [0.29, 0.717) is 6.42 Å². The van der Waals surface area contributed by atoms with Gasteiger partial charge in [0.25, 0.3) is 6.16 Å². The summed E-state index contributed by atoms with van der Waals surface area (Å²) in [5.41, 5.74) is -0.497. The fraction of sp³-hybridized carbons (Fsp3) is 0.875. The average Bonchev–Trinajstić information content (AvgIpc) is 1.95. The van der Waals surface area contributed by atoms with Crippen LogP contribution in [-0.4, -0.2) is 18.0 Å². The van der Waals surface area contributed by atoms with E-state index in [4.69, 9.17) is 9.78 Å². The van der Waals surface area contributed by atoms with Crippen LogP contribution in [0.3, 0.4) is 0 Å². The molecule has 0 fully saturated rings. The largest absolute Gasteiger partial charge is 0.518 e. The van der Waals surface area contributed by atoms with Gasteiger partial charge in [0.05, 0.1) is 5.60 Å². The minimum absolute atomic E-state index is 0.365. The van der Waals surface area contributed by atoms with E-state index >= 15 is 0 Å². The third-order valence-electron chi connectivity index (χ3n) is 0.966. The smallest absolute Gasteiger partial charge is 0.254 e. The Morgan fingerprint density at radius 3 is 2.31 bits per heavy atom. The summed E-state index contributed by atoms with van der Waals surface area (Å²) in [5.74, 6) is 0. The van der Waals surface area contributed by atoms with Crippen LogP contribution in [0.5, 0.6) is 0 Å². The number of rotatable bonds is 4. The second kappa shape index (κ2) is 5.04. The predicted molar refractivity (Wildman–Crippen MR) is 42.5 cm³/mol. The molecule has 13 heavy (non-hydrogen) atoms. The van der Waals surface area contributed by atoms with Gasteiger partial charge in [-0.1, -0.05) is 6.92 Å². The maximum Gasteiger partial charge on any atom is 0.254 e. The van der Waals surface area contributed by atoms with Crippen LogP contribution < -0.4 is 5.11 Å². The fourth-order valence-electron chi connectivity index (χ4n) is 0.476. The lowest BCUT2D eigenvalue weighted by atomic mass is 10.2.